The Labute approximate surface area is 164 Å². The van der Waals surface area contributed by atoms with Gasteiger partial charge in [0.15, 0.2) is 0 Å². The third-order valence-corrected chi connectivity index (χ3v) is 5.55. The van der Waals surface area contributed by atoms with E-state index in [1.165, 1.54) is 11.8 Å². The number of nitrogens with zero attached hydrogens (tertiary/aromatic N) is 4. The Morgan fingerprint density at radius 2 is 2.04 bits per heavy atom. The molecular weight excluding hydrogens is 414 g/mol. The molecule has 0 aliphatic rings. The molecule has 1 heterocycles. The van der Waals surface area contributed by atoms with Gasteiger partial charge in [-0.05, 0) is 82.0 Å². The molecule has 2 aromatic carbocycles. The van der Waals surface area contributed by atoms with E-state index in [1.54, 1.807) is 4.68 Å². The molecule has 0 aliphatic carbocycles. The lowest BCUT2D eigenvalue weighted by atomic mass is 10.1. The number of anilines is 1. The third-order valence-electron chi connectivity index (χ3n) is 3.98. The van der Waals surface area contributed by atoms with Crippen molar-refractivity contribution >= 4 is 39.3 Å². The van der Waals surface area contributed by atoms with Crippen LogP contribution in [0.5, 0.6) is 0 Å². The molecule has 0 fully saturated rings. The number of carbonyl (C=O) groups excluding carboxylic acids is 1. The van der Waals surface area contributed by atoms with Gasteiger partial charge >= 0.3 is 0 Å². The van der Waals surface area contributed by atoms with Crippen LogP contribution in [0.4, 0.5) is 5.69 Å². The fraction of sp³-hybridized carbons (Fsp3) is 0.222. The number of rotatable bonds is 5. The van der Waals surface area contributed by atoms with Crippen LogP contribution in [0.3, 0.4) is 0 Å². The van der Waals surface area contributed by atoms with Gasteiger partial charge in [0.1, 0.15) is 0 Å². The smallest absolute Gasteiger partial charge is 0.234 e. The average Bonchev–Trinajstić information content (AvgIpc) is 3.06. The highest BCUT2D eigenvalue weighted by Gasteiger charge is 2.14. The summed E-state index contributed by atoms with van der Waals surface area (Å²) in [6.07, 6.45) is 0. The van der Waals surface area contributed by atoms with Crippen molar-refractivity contribution in [3.05, 3.63) is 57.6 Å². The molecule has 1 N–H and O–H groups in total. The quantitative estimate of drug-likeness (QED) is 0.616. The highest BCUT2D eigenvalue weighted by Crippen LogP contribution is 2.25. The topological polar surface area (TPSA) is 72.7 Å². The predicted molar refractivity (Wildman–Crippen MR) is 107 cm³/mol. The van der Waals surface area contributed by atoms with Crippen molar-refractivity contribution in [3.63, 3.8) is 0 Å². The number of carbonyl (C=O) groups is 1. The number of amides is 1. The van der Waals surface area contributed by atoms with Crippen LogP contribution in [0.25, 0.3) is 5.69 Å². The summed E-state index contributed by atoms with van der Waals surface area (Å²) in [6, 6.07) is 11.8. The molecule has 3 rings (SSSR count). The molecule has 1 aromatic heterocycles. The van der Waals surface area contributed by atoms with E-state index >= 15 is 0 Å². The molecule has 1 amide bonds. The van der Waals surface area contributed by atoms with Gasteiger partial charge in [-0.1, -0.05) is 30.0 Å². The molecule has 0 atom stereocenters. The summed E-state index contributed by atoms with van der Waals surface area (Å²) in [5.41, 5.74) is 5.05. The van der Waals surface area contributed by atoms with Crippen LogP contribution in [-0.4, -0.2) is 31.9 Å². The third kappa shape index (κ3) is 4.13. The lowest BCUT2D eigenvalue weighted by molar-refractivity contribution is -0.113. The minimum absolute atomic E-state index is 0.116. The predicted octanol–water partition coefficient (Wildman–Crippen LogP) is 4.08. The minimum Gasteiger partial charge on any atom is -0.324 e. The van der Waals surface area contributed by atoms with E-state index in [-0.39, 0.29) is 11.7 Å². The lowest BCUT2D eigenvalue weighted by Crippen LogP contribution is -2.15. The van der Waals surface area contributed by atoms with Crippen LogP contribution in [0.2, 0.25) is 0 Å². The molecule has 134 valence electrons. The van der Waals surface area contributed by atoms with E-state index in [9.17, 15) is 4.79 Å². The fourth-order valence-corrected chi connectivity index (χ4v) is 3.70. The maximum absolute atomic E-state index is 12.3. The summed E-state index contributed by atoms with van der Waals surface area (Å²) in [6.45, 7) is 6.07. The largest absolute Gasteiger partial charge is 0.324 e. The molecule has 0 spiro atoms. The summed E-state index contributed by atoms with van der Waals surface area (Å²) in [5, 5.41) is 15.4. The molecule has 0 aliphatic heterocycles. The lowest BCUT2D eigenvalue weighted by Gasteiger charge is -2.10. The molecule has 8 heteroatoms. The Kier molecular flexibility index (Phi) is 5.73. The van der Waals surface area contributed by atoms with Crippen LogP contribution in [0.15, 0.2) is 46.0 Å². The molecular formula is C18H18BrN5OS. The van der Waals surface area contributed by atoms with Crippen LogP contribution in [-0.2, 0) is 4.79 Å². The summed E-state index contributed by atoms with van der Waals surface area (Å²) in [5.74, 6) is 0.0982. The second-order valence-electron chi connectivity index (χ2n) is 5.91. The SMILES string of the molecule is Cc1ccc(NC(=O)CSc2nnnn2-c2cccc(C)c2C)c(Br)c1. The number of aromatic nitrogens is 4. The fourth-order valence-electron chi connectivity index (χ4n) is 2.42. The van der Waals surface area contributed by atoms with E-state index in [4.69, 9.17) is 0 Å². The molecule has 6 nitrogen and oxygen atoms in total. The molecule has 3 aromatic rings. The molecule has 0 radical (unpaired) electrons. The van der Waals surface area contributed by atoms with Crippen LogP contribution < -0.4 is 5.32 Å². The summed E-state index contributed by atoms with van der Waals surface area (Å²) in [4.78, 5) is 12.3. The van der Waals surface area contributed by atoms with E-state index < -0.39 is 0 Å². The Morgan fingerprint density at radius 3 is 2.81 bits per heavy atom. The van der Waals surface area contributed by atoms with Crippen LogP contribution in [0, 0.1) is 20.8 Å². The number of thioether (sulfide) groups is 1. The van der Waals surface area contributed by atoms with E-state index in [0.717, 1.165) is 32.5 Å². The standard InChI is InChI=1S/C18H18BrN5OS/c1-11-7-8-15(14(19)9-11)20-17(25)10-26-18-21-22-23-24(18)16-6-4-5-12(2)13(16)3/h4-9H,10H2,1-3H3,(H,20,25). The normalized spacial score (nSPS) is 10.8. The number of halogens is 1. The molecule has 0 unspecified atom stereocenters. The Bertz CT molecular complexity index is 957. The van der Waals surface area contributed by atoms with Crippen LogP contribution >= 0.6 is 27.7 Å². The van der Waals surface area contributed by atoms with Crippen molar-refractivity contribution in [2.75, 3.05) is 11.1 Å². The van der Waals surface area contributed by atoms with Crippen molar-refractivity contribution < 1.29 is 4.79 Å². The van der Waals surface area contributed by atoms with Crippen molar-refractivity contribution in [2.24, 2.45) is 0 Å². The molecule has 0 bridgehead atoms. The van der Waals surface area contributed by atoms with E-state index in [2.05, 4.69) is 36.8 Å². The Hall–Kier alpha value is -2.19. The van der Waals surface area contributed by atoms with Gasteiger partial charge in [-0.2, -0.15) is 4.68 Å². The van der Waals surface area contributed by atoms with Gasteiger partial charge in [-0.3, -0.25) is 4.79 Å². The first kappa shape index (κ1) is 18.6. The summed E-state index contributed by atoms with van der Waals surface area (Å²) < 4.78 is 2.53. The van der Waals surface area contributed by atoms with Crippen LogP contribution in [0.1, 0.15) is 16.7 Å². The minimum atomic E-state index is -0.116. The zero-order chi connectivity index (χ0) is 18.7. The molecule has 0 saturated carbocycles. The number of hydrogen-bond acceptors (Lipinski definition) is 5. The number of aryl methyl sites for hydroxylation is 2. The highest BCUT2D eigenvalue weighted by atomic mass is 79.9. The van der Waals surface area contributed by atoms with Gasteiger partial charge in [-0.25, -0.2) is 0 Å². The zero-order valence-electron chi connectivity index (χ0n) is 14.7. The average molecular weight is 432 g/mol. The number of benzene rings is 2. The van der Waals surface area contributed by atoms with Crippen molar-refractivity contribution in [1.29, 1.82) is 0 Å². The highest BCUT2D eigenvalue weighted by molar-refractivity contribution is 9.10. The zero-order valence-corrected chi connectivity index (χ0v) is 17.1. The van der Waals surface area contributed by atoms with E-state index in [0.29, 0.717) is 5.16 Å². The number of hydrogen-bond donors (Lipinski definition) is 1. The van der Waals surface area contributed by atoms with Gasteiger partial charge in [0.05, 0.1) is 17.1 Å². The summed E-state index contributed by atoms with van der Waals surface area (Å²) >= 11 is 4.76. The van der Waals surface area contributed by atoms with Crippen molar-refractivity contribution in [1.82, 2.24) is 20.2 Å². The van der Waals surface area contributed by atoms with E-state index in [1.807, 2.05) is 57.2 Å². The Balaban J connectivity index is 1.70. The number of nitrogens with one attached hydrogen (secondary N) is 1. The maximum atomic E-state index is 12.3. The second-order valence-corrected chi connectivity index (χ2v) is 7.71. The first-order chi connectivity index (χ1) is 12.5. The van der Waals surface area contributed by atoms with Gasteiger partial charge in [-0.15, -0.1) is 5.10 Å². The van der Waals surface area contributed by atoms with Gasteiger partial charge in [0, 0.05) is 4.47 Å². The maximum Gasteiger partial charge on any atom is 0.234 e. The summed E-state index contributed by atoms with van der Waals surface area (Å²) in [7, 11) is 0. The van der Waals surface area contributed by atoms with Gasteiger partial charge in [0.25, 0.3) is 0 Å². The monoisotopic (exact) mass is 431 g/mol. The molecule has 26 heavy (non-hydrogen) atoms. The van der Waals surface area contributed by atoms with Gasteiger partial charge in [0.2, 0.25) is 11.1 Å². The van der Waals surface area contributed by atoms with Gasteiger partial charge < -0.3 is 5.32 Å². The Morgan fingerprint density at radius 1 is 1.23 bits per heavy atom. The number of tetrazole rings is 1. The van der Waals surface area contributed by atoms with Crippen molar-refractivity contribution in [3.8, 4) is 5.69 Å². The first-order valence-electron chi connectivity index (χ1n) is 7.99. The first-order valence-corrected chi connectivity index (χ1v) is 9.77. The second kappa shape index (κ2) is 8.01. The van der Waals surface area contributed by atoms with Crippen molar-refractivity contribution in [2.45, 2.75) is 25.9 Å². The molecule has 0 saturated heterocycles.